The first-order chi connectivity index (χ1) is 16.1. The molecule has 1 aliphatic heterocycles. The highest BCUT2D eigenvalue weighted by molar-refractivity contribution is 5.76. The van der Waals surface area contributed by atoms with Gasteiger partial charge in [-0.05, 0) is 73.6 Å². The molecule has 5 nitrogen and oxygen atoms in total. The van der Waals surface area contributed by atoms with E-state index in [0.717, 1.165) is 48.7 Å². The van der Waals surface area contributed by atoms with Gasteiger partial charge in [0.25, 0.3) is 0 Å². The Kier molecular flexibility index (Phi) is 6.23. The Morgan fingerprint density at radius 3 is 2.67 bits per heavy atom. The van der Waals surface area contributed by atoms with Crippen LogP contribution >= 0.6 is 0 Å². The largest absolute Gasteiger partial charge is 0.493 e. The van der Waals surface area contributed by atoms with Crippen molar-refractivity contribution in [1.29, 1.82) is 0 Å². The third kappa shape index (κ3) is 4.55. The van der Waals surface area contributed by atoms with Crippen molar-refractivity contribution in [3.8, 4) is 22.8 Å². The molecule has 5 heteroatoms. The Hall–Kier alpha value is -3.05. The van der Waals surface area contributed by atoms with Crippen molar-refractivity contribution in [2.75, 3.05) is 7.11 Å². The van der Waals surface area contributed by atoms with E-state index in [1.54, 1.807) is 14.0 Å². The van der Waals surface area contributed by atoms with Crippen molar-refractivity contribution in [2.24, 2.45) is 0 Å². The summed E-state index contributed by atoms with van der Waals surface area (Å²) in [5, 5.41) is 0. The predicted octanol–water partition coefficient (Wildman–Crippen LogP) is 6.05. The number of carbonyl (C=O) groups excluding carboxylic acids is 1. The Labute approximate surface area is 195 Å². The van der Waals surface area contributed by atoms with Crippen LogP contribution in [0.3, 0.4) is 0 Å². The number of nitrogens with one attached hydrogen (secondary N) is 1. The summed E-state index contributed by atoms with van der Waals surface area (Å²) >= 11 is 0. The number of hydrogen-bond donors (Lipinski definition) is 1. The molecule has 0 bridgehead atoms. The molecule has 0 radical (unpaired) electrons. The van der Waals surface area contributed by atoms with Gasteiger partial charge in [0.1, 0.15) is 5.78 Å². The summed E-state index contributed by atoms with van der Waals surface area (Å²) < 4.78 is 11.9. The number of fused-ring (bicyclic) bond motifs is 1. The highest BCUT2D eigenvalue weighted by Gasteiger charge is 2.30. The van der Waals surface area contributed by atoms with E-state index in [2.05, 4.69) is 46.3 Å². The number of Topliss-reactive ketones (excluding diaryl/α,β-unsaturated/α-hetero) is 1. The van der Waals surface area contributed by atoms with Gasteiger partial charge in [-0.1, -0.05) is 24.3 Å². The maximum absolute atomic E-state index is 12.3. The lowest BCUT2D eigenvalue weighted by atomic mass is 9.99. The van der Waals surface area contributed by atoms with Gasteiger partial charge in [-0.2, -0.15) is 0 Å². The molecule has 3 aromatic rings. The van der Waals surface area contributed by atoms with E-state index in [-0.39, 0.29) is 17.9 Å². The predicted molar refractivity (Wildman–Crippen MR) is 129 cm³/mol. The van der Waals surface area contributed by atoms with Crippen LogP contribution in [-0.2, 0) is 17.9 Å². The highest BCUT2D eigenvalue weighted by Crippen LogP contribution is 2.40. The fourth-order valence-corrected chi connectivity index (χ4v) is 5.33. The highest BCUT2D eigenvalue weighted by atomic mass is 16.5. The fraction of sp³-hybridized carbons (Fsp3) is 0.393. The molecule has 2 aliphatic rings. The normalized spacial score (nSPS) is 17.2. The zero-order valence-electron chi connectivity index (χ0n) is 19.5. The van der Waals surface area contributed by atoms with E-state index in [1.165, 1.54) is 29.5 Å². The van der Waals surface area contributed by atoms with Gasteiger partial charge in [-0.25, -0.2) is 0 Å². The topological polar surface area (TPSA) is 54.6 Å². The number of ether oxygens (including phenoxy) is 2. The van der Waals surface area contributed by atoms with Crippen molar-refractivity contribution >= 4 is 5.78 Å². The standard InChI is InChI=1S/C28H32N2O3/c1-19(31)15-26(20-12-13-27(32-2)28(16-20)33-22-8-3-4-9-22)30-17-21-7-5-10-23(24(21)18-30)25-11-6-14-29-25/h5-7,10-14,16,22,26,29H,3-4,8-9,15,17-18H2,1-2H3. The number of aromatic nitrogens is 1. The summed E-state index contributed by atoms with van der Waals surface area (Å²) in [7, 11) is 1.68. The van der Waals surface area contributed by atoms with Crippen LogP contribution in [0.25, 0.3) is 11.3 Å². The van der Waals surface area contributed by atoms with Crippen molar-refractivity contribution in [3.63, 3.8) is 0 Å². The molecule has 1 fully saturated rings. The molecule has 1 saturated carbocycles. The summed E-state index contributed by atoms with van der Waals surface area (Å²) in [5.74, 6) is 1.74. The minimum Gasteiger partial charge on any atom is -0.493 e. The number of nitrogens with zero attached hydrogens (tertiary/aromatic N) is 1. The lowest BCUT2D eigenvalue weighted by Crippen LogP contribution is -2.25. The van der Waals surface area contributed by atoms with E-state index in [1.807, 2.05) is 18.3 Å². The number of methoxy groups -OCH3 is 1. The molecule has 1 aliphatic carbocycles. The van der Waals surface area contributed by atoms with Crippen LogP contribution in [0.4, 0.5) is 0 Å². The van der Waals surface area contributed by atoms with E-state index in [4.69, 9.17) is 9.47 Å². The molecule has 172 valence electrons. The molecule has 2 aromatic carbocycles. The van der Waals surface area contributed by atoms with Gasteiger partial charge < -0.3 is 14.5 Å². The molecule has 33 heavy (non-hydrogen) atoms. The maximum atomic E-state index is 12.3. The molecular formula is C28H32N2O3. The average molecular weight is 445 g/mol. The molecule has 0 amide bonds. The van der Waals surface area contributed by atoms with Gasteiger partial charge in [0.2, 0.25) is 0 Å². The number of rotatable bonds is 8. The summed E-state index contributed by atoms with van der Waals surface area (Å²) in [5.41, 5.74) is 6.14. The second kappa shape index (κ2) is 9.44. The molecule has 0 spiro atoms. The van der Waals surface area contributed by atoms with E-state index in [0.29, 0.717) is 6.42 Å². The molecular weight excluding hydrogens is 412 g/mol. The maximum Gasteiger partial charge on any atom is 0.161 e. The molecule has 1 atom stereocenters. The third-order valence-electron chi connectivity index (χ3n) is 6.99. The lowest BCUT2D eigenvalue weighted by Gasteiger charge is -2.28. The van der Waals surface area contributed by atoms with Crippen LogP contribution in [0, 0.1) is 0 Å². The average Bonchev–Trinajstić information content (AvgIpc) is 3.58. The summed E-state index contributed by atoms with van der Waals surface area (Å²) in [6.07, 6.45) is 7.30. The molecule has 1 unspecified atom stereocenters. The third-order valence-corrected chi connectivity index (χ3v) is 6.99. The van der Waals surface area contributed by atoms with Crippen molar-refractivity contribution in [3.05, 3.63) is 71.4 Å². The van der Waals surface area contributed by atoms with Gasteiger partial charge in [-0.15, -0.1) is 0 Å². The van der Waals surface area contributed by atoms with E-state index >= 15 is 0 Å². The molecule has 1 N–H and O–H groups in total. The van der Waals surface area contributed by atoms with Gasteiger partial charge in [0.15, 0.2) is 11.5 Å². The van der Waals surface area contributed by atoms with Crippen molar-refractivity contribution in [1.82, 2.24) is 9.88 Å². The van der Waals surface area contributed by atoms with E-state index < -0.39 is 0 Å². The van der Waals surface area contributed by atoms with Gasteiger partial charge in [0.05, 0.1) is 13.2 Å². The number of carbonyl (C=O) groups is 1. The minimum atomic E-state index is -0.0109. The minimum absolute atomic E-state index is 0.0109. The number of hydrogen-bond acceptors (Lipinski definition) is 4. The summed E-state index contributed by atoms with van der Waals surface area (Å²) in [6, 6.07) is 16.8. The van der Waals surface area contributed by atoms with Gasteiger partial charge >= 0.3 is 0 Å². The number of ketones is 1. The van der Waals surface area contributed by atoms with Gasteiger partial charge in [0, 0.05) is 43.0 Å². The molecule has 2 heterocycles. The van der Waals surface area contributed by atoms with E-state index in [9.17, 15) is 4.79 Å². The van der Waals surface area contributed by atoms with Crippen molar-refractivity contribution in [2.45, 2.75) is 64.3 Å². The second-order valence-corrected chi connectivity index (χ2v) is 9.29. The number of H-pyrrole nitrogens is 1. The molecule has 0 saturated heterocycles. The van der Waals surface area contributed by atoms with Crippen LogP contribution in [0.5, 0.6) is 11.5 Å². The lowest BCUT2D eigenvalue weighted by molar-refractivity contribution is -0.118. The monoisotopic (exact) mass is 444 g/mol. The Morgan fingerprint density at radius 2 is 1.94 bits per heavy atom. The van der Waals surface area contributed by atoms with Crippen LogP contribution in [0.15, 0.2) is 54.7 Å². The zero-order chi connectivity index (χ0) is 22.8. The Balaban J connectivity index is 1.45. The fourth-order valence-electron chi connectivity index (χ4n) is 5.33. The first kappa shape index (κ1) is 21.8. The van der Waals surface area contributed by atoms with Crippen LogP contribution in [-0.4, -0.2) is 28.9 Å². The molecule has 5 rings (SSSR count). The first-order valence-electron chi connectivity index (χ1n) is 11.9. The SMILES string of the molecule is COc1ccc(C(CC(C)=O)N2Cc3cccc(-c4ccc[nH]4)c3C2)cc1OC1CCCC1. The van der Waals surface area contributed by atoms with Crippen LogP contribution in [0.1, 0.15) is 61.8 Å². The summed E-state index contributed by atoms with van der Waals surface area (Å²) in [6.45, 7) is 3.32. The van der Waals surface area contributed by atoms with Crippen molar-refractivity contribution < 1.29 is 14.3 Å². The number of aromatic amines is 1. The first-order valence-corrected chi connectivity index (χ1v) is 11.9. The molecule has 1 aromatic heterocycles. The smallest absolute Gasteiger partial charge is 0.161 e. The quantitative estimate of drug-likeness (QED) is 0.460. The Morgan fingerprint density at radius 1 is 1.09 bits per heavy atom. The summed E-state index contributed by atoms with van der Waals surface area (Å²) in [4.78, 5) is 18.1. The second-order valence-electron chi connectivity index (χ2n) is 9.29. The number of benzene rings is 2. The van der Waals surface area contributed by atoms with Crippen LogP contribution in [0.2, 0.25) is 0 Å². The Bertz CT molecular complexity index is 1120. The zero-order valence-corrected chi connectivity index (χ0v) is 19.5. The van der Waals surface area contributed by atoms with Crippen LogP contribution < -0.4 is 9.47 Å². The van der Waals surface area contributed by atoms with Gasteiger partial charge in [-0.3, -0.25) is 9.69 Å².